The van der Waals surface area contributed by atoms with Gasteiger partial charge in [-0.25, -0.2) is 13.1 Å². The molecule has 0 radical (unpaired) electrons. The first kappa shape index (κ1) is 12.6. The van der Waals surface area contributed by atoms with E-state index in [1.807, 2.05) is 6.07 Å². The Morgan fingerprint density at radius 3 is 2.69 bits per heavy atom. The van der Waals surface area contributed by atoms with Crippen molar-refractivity contribution in [2.24, 2.45) is 5.73 Å². The van der Waals surface area contributed by atoms with Crippen molar-refractivity contribution in [3.63, 3.8) is 0 Å². The number of rotatable bonds is 4. The van der Waals surface area contributed by atoms with E-state index in [-0.39, 0.29) is 23.0 Å². The van der Waals surface area contributed by atoms with Crippen molar-refractivity contribution < 1.29 is 8.42 Å². The zero-order chi connectivity index (χ0) is 12.2. The molecule has 0 saturated heterocycles. The molecule has 16 heavy (non-hydrogen) atoms. The molecule has 1 aromatic rings. The van der Waals surface area contributed by atoms with Crippen LogP contribution in [0.15, 0.2) is 29.2 Å². The van der Waals surface area contributed by atoms with Crippen LogP contribution >= 0.6 is 0 Å². The van der Waals surface area contributed by atoms with Gasteiger partial charge in [0.2, 0.25) is 10.0 Å². The molecule has 0 aliphatic carbocycles. The van der Waals surface area contributed by atoms with E-state index < -0.39 is 10.0 Å². The van der Waals surface area contributed by atoms with Gasteiger partial charge in [0.05, 0.1) is 10.5 Å². The summed E-state index contributed by atoms with van der Waals surface area (Å²) in [7, 11) is -3.67. The molecule has 1 atom stereocenters. The molecule has 0 bridgehead atoms. The lowest BCUT2D eigenvalue weighted by atomic mass is 10.2. The minimum atomic E-state index is -3.67. The third-order valence-electron chi connectivity index (χ3n) is 2.01. The maximum atomic E-state index is 11.9. The highest BCUT2D eigenvalue weighted by Crippen LogP contribution is 2.14. The van der Waals surface area contributed by atoms with Gasteiger partial charge in [-0.3, -0.25) is 0 Å². The van der Waals surface area contributed by atoms with Gasteiger partial charge in [0, 0.05) is 12.6 Å². The van der Waals surface area contributed by atoms with E-state index in [0.29, 0.717) is 0 Å². The molecule has 1 unspecified atom stereocenters. The van der Waals surface area contributed by atoms with Gasteiger partial charge in [0.15, 0.2) is 0 Å². The Labute approximate surface area is 94.9 Å². The van der Waals surface area contributed by atoms with E-state index in [4.69, 9.17) is 11.0 Å². The van der Waals surface area contributed by atoms with Gasteiger partial charge in [-0.1, -0.05) is 12.1 Å². The summed E-state index contributed by atoms with van der Waals surface area (Å²) >= 11 is 0. The number of hydrogen-bond acceptors (Lipinski definition) is 4. The monoisotopic (exact) mass is 239 g/mol. The van der Waals surface area contributed by atoms with Crippen LogP contribution in [0.25, 0.3) is 0 Å². The molecular formula is C10H13N3O2S. The molecule has 1 rings (SSSR count). The maximum absolute atomic E-state index is 11.9. The Kier molecular flexibility index (Phi) is 4.01. The minimum Gasteiger partial charge on any atom is -0.329 e. The molecule has 0 saturated carbocycles. The molecule has 86 valence electrons. The van der Waals surface area contributed by atoms with Crippen molar-refractivity contribution in [1.82, 2.24) is 4.72 Å². The number of nitrogens with zero attached hydrogens (tertiary/aromatic N) is 1. The zero-order valence-corrected chi connectivity index (χ0v) is 9.66. The van der Waals surface area contributed by atoms with Crippen LogP contribution in [-0.2, 0) is 10.0 Å². The average Bonchev–Trinajstić information content (AvgIpc) is 2.28. The highest BCUT2D eigenvalue weighted by atomic mass is 32.2. The molecular weight excluding hydrogens is 226 g/mol. The van der Waals surface area contributed by atoms with Crippen molar-refractivity contribution in [2.75, 3.05) is 6.54 Å². The number of nitrogens with two attached hydrogens (primary N) is 1. The van der Waals surface area contributed by atoms with Crippen LogP contribution in [0.5, 0.6) is 0 Å². The summed E-state index contributed by atoms with van der Waals surface area (Å²) in [6.07, 6.45) is 0. The summed E-state index contributed by atoms with van der Waals surface area (Å²) in [6, 6.07) is 7.52. The molecule has 0 aromatic heterocycles. The number of nitrogens with one attached hydrogen (secondary N) is 1. The normalized spacial score (nSPS) is 13.1. The fourth-order valence-electron chi connectivity index (χ4n) is 1.17. The molecule has 0 spiro atoms. The summed E-state index contributed by atoms with van der Waals surface area (Å²) in [5.74, 6) is 0. The fourth-order valence-corrected chi connectivity index (χ4v) is 2.58. The third kappa shape index (κ3) is 2.79. The Bertz CT molecular complexity index is 505. The predicted octanol–water partition coefficient (Wildman–Crippen LogP) is 0.184. The first-order chi connectivity index (χ1) is 7.51. The lowest BCUT2D eigenvalue weighted by Gasteiger charge is -2.12. The van der Waals surface area contributed by atoms with Crippen molar-refractivity contribution in [2.45, 2.75) is 17.9 Å². The maximum Gasteiger partial charge on any atom is 0.242 e. The van der Waals surface area contributed by atoms with E-state index in [0.717, 1.165) is 0 Å². The quantitative estimate of drug-likeness (QED) is 0.783. The van der Waals surface area contributed by atoms with Crippen LogP contribution in [0.2, 0.25) is 0 Å². The summed E-state index contributed by atoms with van der Waals surface area (Å²) in [5.41, 5.74) is 5.46. The molecule has 0 amide bonds. The summed E-state index contributed by atoms with van der Waals surface area (Å²) in [4.78, 5) is -0.0159. The van der Waals surface area contributed by atoms with Gasteiger partial charge in [-0.05, 0) is 19.1 Å². The highest BCUT2D eigenvalue weighted by Gasteiger charge is 2.19. The number of benzene rings is 1. The van der Waals surface area contributed by atoms with E-state index in [1.54, 1.807) is 19.1 Å². The SMILES string of the molecule is CC(CN)NS(=O)(=O)c1ccccc1C#N. The van der Waals surface area contributed by atoms with Crippen molar-refractivity contribution in [1.29, 1.82) is 5.26 Å². The van der Waals surface area contributed by atoms with Crippen LogP contribution in [0.3, 0.4) is 0 Å². The lowest BCUT2D eigenvalue weighted by molar-refractivity contribution is 0.562. The van der Waals surface area contributed by atoms with Crippen LogP contribution < -0.4 is 10.5 Å². The molecule has 0 fully saturated rings. The summed E-state index contributed by atoms with van der Waals surface area (Å²) in [5, 5.41) is 8.81. The Hall–Kier alpha value is -1.42. The van der Waals surface area contributed by atoms with Crippen molar-refractivity contribution in [3.05, 3.63) is 29.8 Å². The number of sulfonamides is 1. The van der Waals surface area contributed by atoms with Crippen LogP contribution in [-0.4, -0.2) is 21.0 Å². The molecule has 3 N–H and O–H groups in total. The van der Waals surface area contributed by atoms with Crippen molar-refractivity contribution in [3.8, 4) is 6.07 Å². The van der Waals surface area contributed by atoms with E-state index in [1.165, 1.54) is 12.1 Å². The number of nitriles is 1. The summed E-state index contributed by atoms with van der Waals surface area (Å²) in [6.45, 7) is 1.86. The van der Waals surface area contributed by atoms with Gasteiger partial charge in [-0.2, -0.15) is 5.26 Å². The predicted molar refractivity (Wildman–Crippen MR) is 60.0 cm³/mol. The van der Waals surface area contributed by atoms with Gasteiger partial charge in [-0.15, -0.1) is 0 Å². The summed E-state index contributed by atoms with van der Waals surface area (Å²) < 4.78 is 26.1. The Balaban J connectivity index is 3.13. The van der Waals surface area contributed by atoms with Gasteiger partial charge < -0.3 is 5.73 Å². The van der Waals surface area contributed by atoms with Crippen LogP contribution in [0, 0.1) is 11.3 Å². The molecule has 5 nitrogen and oxygen atoms in total. The van der Waals surface area contributed by atoms with Crippen molar-refractivity contribution >= 4 is 10.0 Å². The topological polar surface area (TPSA) is 96.0 Å². The third-order valence-corrected chi connectivity index (χ3v) is 3.65. The highest BCUT2D eigenvalue weighted by molar-refractivity contribution is 7.89. The van der Waals surface area contributed by atoms with E-state index in [2.05, 4.69) is 4.72 Å². The largest absolute Gasteiger partial charge is 0.329 e. The Morgan fingerprint density at radius 2 is 2.12 bits per heavy atom. The van der Waals surface area contributed by atoms with Crippen LogP contribution in [0.1, 0.15) is 12.5 Å². The first-order valence-electron chi connectivity index (χ1n) is 4.73. The Morgan fingerprint density at radius 1 is 1.50 bits per heavy atom. The second-order valence-electron chi connectivity index (χ2n) is 3.37. The smallest absolute Gasteiger partial charge is 0.242 e. The second-order valence-corrected chi connectivity index (χ2v) is 5.05. The second kappa shape index (κ2) is 5.07. The minimum absolute atomic E-state index is 0.0159. The molecule has 1 aromatic carbocycles. The van der Waals surface area contributed by atoms with E-state index >= 15 is 0 Å². The average molecular weight is 239 g/mol. The van der Waals surface area contributed by atoms with Gasteiger partial charge >= 0.3 is 0 Å². The lowest BCUT2D eigenvalue weighted by Crippen LogP contribution is -2.38. The molecule has 6 heteroatoms. The fraction of sp³-hybridized carbons (Fsp3) is 0.300. The van der Waals surface area contributed by atoms with Crippen LogP contribution in [0.4, 0.5) is 0 Å². The molecule has 0 heterocycles. The van der Waals surface area contributed by atoms with Gasteiger partial charge in [0.25, 0.3) is 0 Å². The first-order valence-corrected chi connectivity index (χ1v) is 6.21. The zero-order valence-electron chi connectivity index (χ0n) is 8.84. The van der Waals surface area contributed by atoms with E-state index in [9.17, 15) is 8.42 Å². The van der Waals surface area contributed by atoms with Gasteiger partial charge in [0.1, 0.15) is 6.07 Å². The number of hydrogen-bond donors (Lipinski definition) is 2. The molecule has 0 aliphatic rings. The molecule has 0 aliphatic heterocycles. The standard InChI is InChI=1S/C10H13N3O2S/c1-8(6-11)13-16(14,15)10-5-3-2-4-9(10)7-12/h2-5,8,13H,6,11H2,1H3.